The third-order valence-electron chi connectivity index (χ3n) is 3.23. The molecule has 6 nitrogen and oxygen atoms in total. The molecule has 1 rings (SSSR count). The lowest BCUT2D eigenvalue weighted by Crippen LogP contribution is -2.29. The number of hydrogen-bond donors (Lipinski definition) is 2. The molecule has 6 heteroatoms. The fourth-order valence-corrected chi connectivity index (χ4v) is 2.01. The van der Waals surface area contributed by atoms with Crippen molar-refractivity contribution in [2.75, 3.05) is 50.2 Å². The maximum absolute atomic E-state index is 11.7. The van der Waals surface area contributed by atoms with E-state index in [1.165, 1.54) is 6.08 Å². The molecule has 0 aliphatic carbocycles. The van der Waals surface area contributed by atoms with Crippen molar-refractivity contribution in [2.24, 2.45) is 0 Å². The molecule has 3 N–H and O–H groups in total. The van der Waals surface area contributed by atoms with Crippen LogP contribution in [0.4, 0.5) is 17.1 Å². The Morgan fingerprint density at radius 1 is 1.35 bits per heavy atom. The number of nitrogens with one attached hydrogen (secondary N) is 1. The van der Waals surface area contributed by atoms with E-state index in [-0.39, 0.29) is 12.0 Å². The van der Waals surface area contributed by atoms with E-state index >= 15 is 0 Å². The molecule has 23 heavy (non-hydrogen) atoms. The lowest BCUT2D eigenvalue weighted by molar-refractivity contribution is -0.111. The normalized spacial score (nSPS) is 10.7. The van der Waals surface area contributed by atoms with E-state index in [4.69, 9.17) is 10.5 Å². The van der Waals surface area contributed by atoms with Crippen LogP contribution < -0.4 is 20.7 Å². The van der Waals surface area contributed by atoms with Crippen LogP contribution in [0, 0.1) is 0 Å². The summed E-state index contributed by atoms with van der Waals surface area (Å²) in [6, 6.07) is 3.59. The Labute approximate surface area is 138 Å². The molecule has 0 radical (unpaired) electrons. The fourth-order valence-electron chi connectivity index (χ4n) is 2.01. The number of hydrogen-bond acceptors (Lipinski definition) is 5. The van der Waals surface area contributed by atoms with Gasteiger partial charge in [-0.25, -0.2) is 0 Å². The van der Waals surface area contributed by atoms with Crippen LogP contribution in [0.15, 0.2) is 24.8 Å². The van der Waals surface area contributed by atoms with Gasteiger partial charge in [-0.1, -0.05) is 6.58 Å². The molecule has 1 aromatic rings. The minimum absolute atomic E-state index is 0.0193. The summed E-state index contributed by atoms with van der Waals surface area (Å²) in [5, 5.41) is 2.80. The molecule has 128 valence electrons. The van der Waals surface area contributed by atoms with E-state index in [9.17, 15) is 4.79 Å². The summed E-state index contributed by atoms with van der Waals surface area (Å²) >= 11 is 0. The lowest BCUT2D eigenvalue weighted by Gasteiger charge is -2.26. The maximum Gasteiger partial charge on any atom is 0.247 e. The van der Waals surface area contributed by atoms with Gasteiger partial charge in [0, 0.05) is 26.2 Å². The first-order chi connectivity index (χ1) is 10.7. The highest BCUT2D eigenvalue weighted by atomic mass is 16.5. The Balaban J connectivity index is 3.18. The summed E-state index contributed by atoms with van der Waals surface area (Å²) in [5.41, 5.74) is 8.03. The molecule has 0 atom stereocenters. The van der Waals surface area contributed by atoms with Gasteiger partial charge in [0.25, 0.3) is 0 Å². The van der Waals surface area contributed by atoms with Crippen LogP contribution >= 0.6 is 0 Å². The van der Waals surface area contributed by atoms with E-state index in [1.54, 1.807) is 6.07 Å². The van der Waals surface area contributed by atoms with Crippen molar-refractivity contribution in [1.82, 2.24) is 4.90 Å². The van der Waals surface area contributed by atoms with Gasteiger partial charge >= 0.3 is 0 Å². The third-order valence-corrected chi connectivity index (χ3v) is 3.23. The van der Waals surface area contributed by atoms with E-state index in [0.29, 0.717) is 17.1 Å². The molecule has 0 unspecified atom stereocenters. The summed E-state index contributed by atoms with van der Waals surface area (Å²) in [6.07, 6.45) is 1.25. The van der Waals surface area contributed by atoms with Gasteiger partial charge in [0.05, 0.1) is 23.2 Å². The summed E-state index contributed by atoms with van der Waals surface area (Å²) in [7, 11) is 6.01. The maximum atomic E-state index is 11.7. The van der Waals surface area contributed by atoms with Crippen LogP contribution in [0.3, 0.4) is 0 Å². The Kier molecular flexibility index (Phi) is 6.90. The number of carbonyl (C=O) groups excluding carboxylic acids is 1. The van der Waals surface area contributed by atoms with Crippen molar-refractivity contribution < 1.29 is 9.53 Å². The van der Waals surface area contributed by atoms with Gasteiger partial charge in [0.1, 0.15) is 5.75 Å². The zero-order valence-corrected chi connectivity index (χ0v) is 14.7. The Hall–Kier alpha value is -2.21. The molecule has 0 fully saturated rings. The van der Waals surface area contributed by atoms with E-state index in [1.807, 2.05) is 41.1 Å². The molecular formula is C17H28N4O2. The van der Waals surface area contributed by atoms with Crippen molar-refractivity contribution in [3.63, 3.8) is 0 Å². The summed E-state index contributed by atoms with van der Waals surface area (Å²) in [6.45, 7) is 9.06. The molecule has 0 heterocycles. The van der Waals surface area contributed by atoms with Gasteiger partial charge in [-0.2, -0.15) is 0 Å². The summed E-state index contributed by atoms with van der Waals surface area (Å²) < 4.78 is 5.75. The molecule has 0 saturated carbocycles. The third kappa shape index (κ3) is 5.83. The van der Waals surface area contributed by atoms with Crippen LogP contribution in [-0.4, -0.2) is 51.1 Å². The SMILES string of the molecule is C=CC(=O)Nc1cc(N)c(OC(C)C)cc1N(C)CCN(C)C. The Morgan fingerprint density at radius 2 is 2.00 bits per heavy atom. The predicted octanol–water partition coefficient (Wildman–Crippen LogP) is 2.18. The summed E-state index contributed by atoms with van der Waals surface area (Å²) in [5.74, 6) is 0.340. The standard InChI is InChI=1S/C17H28N4O2/c1-7-17(22)19-14-10-13(18)16(23-12(2)3)11-15(14)21(6)9-8-20(4)5/h7,10-12H,1,8-9,18H2,2-6H3,(H,19,22). The number of nitrogen functional groups attached to an aromatic ring is 1. The molecule has 0 aliphatic heterocycles. The number of nitrogens with zero attached hydrogens (tertiary/aromatic N) is 2. The smallest absolute Gasteiger partial charge is 0.247 e. The average Bonchev–Trinajstić information content (AvgIpc) is 2.46. The Morgan fingerprint density at radius 3 is 2.52 bits per heavy atom. The van der Waals surface area contributed by atoms with Gasteiger partial charge in [0.2, 0.25) is 5.91 Å². The number of rotatable bonds is 8. The minimum atomic E-state index is -0.274. The number of amides is 1. The molecule has 1 amide bonds. The molecular weight excluding hydrogens is 292 g/mol. The van der Waals surface area contributed by atoms with Crippen molar-refractivity contribution in [2.45, 2.75) is 20.0 Å². The minimum Gasteiger partial charge on any atom is -0.489 e. The number of likely N-dealkylation sites (N-methyl/N-ethyl adjacent to an activating group) is 2. The highest BCUT2D eigenvalue weighted by molar-refractivity contribution is 6.02. The molecule has 0 bridgehead atoms. The van der Waals surface area contributed by atoms with Crippen LogP contribution in [0.25, 0.3) is 0 Å². The zero-order valence-electron chi connectivity index (χ0n) is 14.7. The first-order valence-corrected chi connectivity index (χ1v) is 7.64. The lowest BCUT2D eigenvalue weighted by atomic mass is 10.2. The summed E-state index contributed by atoms with van der Waals surface area (Å²) in [4.78, 5) is 15.8. The highest BCUT2D eigenvalue weighted by Gasteiger charge is 2.15. The molecule has 1 aromatic carbocycles. The predicted molar refractivity (Wildman–Crippen MR) is 97.3 cm³/mol. The zero-order chi connectivity index (χ0) is 17.6. The number of anilines is 3. The van der Waals surface area contributed by atoms with Gasteiger partial charge in [-0.3, -0.25) is 4.79 Å². The van der Waals surface area contributed by atoms with Crippen molar-refractivity contribution in [3.8, 4) is 5.75 Å². The number of ether oxygens (including phenoxy) is 1. The monoisotopic (exact) mass is 320 g/mol. The highest BCUT2D eigenvalue weighted by Crippen LogP contribution is 2.35. The fraction of sp³-hybridized carbons (Fsp3) is 0.471. The second-order valence-electron chi connectivity index (χ2n) is 5.99. The average molecular weight is 320 g/mol. The van der Waals surface area contributed by atoms with Crippen molar-refractivity contribution >= 4 is 23.0 Å². The van der Waals surface area contributed by atoms with Gasteiger partial charge in [-0.15, -0.1) is 0 Å². The van der Waals surface area contributed by atoms with Crippen molar-refractivity contribution in [1.29, 1.82) is 0 Å². The quantitative estimate of drug-likeness (QED) is 0.567. The van der Waals surface area contributed by atoms with Crippen LogP contribution in [0.2, 0.25) is 0 Å². The van der Waals surface area contributed by atoms with E-state index in [2.05, 4.69) is 21.7 Å². The number of nitrogens with two attached hydrogens (primary N) is 1. The van der Waals surface area contributed by atoms with E-state index in [0.717, 1.165) is 18.8 Å². The molecule has 0 aromatic heterocycles. The topological polar surface area (TPSA) is 70.8 Å². The second-order valence-corrected chi connectivity index (χ2v) is 5.99. The molecule has 0 saturated heterocycles. The number of carbonyl (C=O) groups is 1. The first-order valence-electron chi connectivity index (χ1n) is 7.64. The molecule has 0 spiro atoms. The van der Waals surface area contributed by atoms with Crippen LogP contribution in [0.5, 0.6) is 5.75 Å². The second kappa shape index (κ2) is 8.43. The number of benzene rings is 1. The largest absolute Gasteiger partial charge is 0.489 e. The van der Waals surface area contributed by atoms with Crippen LogP contribution in [0.1, 0.15) is 13.8 Å². The van der Waals surface area contributed by atoms with Crippen LogP contribution in [-0.2, 0) is 4.79 Å². The first kappa shape index (κ1) is 18.8. The van der Waals surface area contributed by atoms with Gasteiger partial charge < -0.3 is 25.6 Å². The van der Waals surface area contributed by atoms with Crippen molar-refractivity contribution in [3.05, 3.63) is 24.8 Å². The Bertz CT molecular complexity index is 556. The van der Waals surface area contributed by atoms with E-state index < -0.39 is 0 Å². The molecule has 0 aliphatic rings. The van der Waals surface area contributed by atoms with Gasteiger partial charge in [-0.05, 0) is 40.1 Å². The van der Waals surface area contributed by atoms with Gasteiger partial charge in [0.15, 0.2) is 0 Å².